The summed E-state index contributed by atoms with van der Waals surface area (Å²) in [4.78, 5) is 1.80. The van der Waals surface area contributed by atoms with Crippen molar-refractivity contribution in [1.29, 1.82) is 0 Å². The Hall–Kier alpha value is -1.19. The first-order valence-corrected chi connectivity index (χ1v) is 3.41. The lowest BCUT2D eigenvalue weighted by Gasteiger charge is -2.32. The van der Waals surface area contributed by atoms with Crippen LogP contribution in [0, 0.1) is 0 Å². The van der Waals surface area contributed by atoms with Gasteiger partial charge in [0.2, 0.25) is 0 Å². The van der Waals surface area contributed by atoms with E-state index in [-0.39, 0.29) is 0 Å². The van der Waals surface area contributed by atoms with E-state index < -0.39 is 0 Å². The van der Waals surface area contributed by atoms with Gasteiger partial charge in [-0.15, -0.1) is 0 Å². The molecule has 0 spiro atoms. The van der Waals surface area contributed by atoms with Gasteiger partial charge in [0.25, 0.3) is 0 Å². The van der Waals surface area contributed by atoms with Gasteiger partial charge in [-0.3, -0.25) is 5.01 Å². The fourth-order valence-corrected chi connectivity index (χ4v) is 0.985. The van der Waals surface area contributed by atoms with Crippen LogP contribution in [0.2, 0.25) is 0 Å². The Kier molecular flexibility index (Phi) is 1.06. The average molecular weight is 138 g/mol. The number of anilines is 1. The third kappa shape index (κ3) is 0.725. The van der Waals surface area contributed by atoms with Crippen LogP contribution < -0.4 is 10.7 Å². The third-order valence-corrected chi connectivity index (χ3v) is 1.71. The number of aromatic nitrogens is 2. The van der Waals surface area contributed by atoms with E-state index in [0.717, 1.165) is 18.8 Å². The molecule has 0 atom stereocenters. The fourth-order valence-electron chi connectivity index (χ4n) is 0.985. The van der Waals surface area contributed by atoms with Crippen molar-refractivity contribution in [3.63, 3.8) is 0 Å². The molecule has 2 heterocycles. The first-order chi connectivity index (χ1) is 4.86. The van der Waals surface area contributed by atoms with Gasteiger partial charge in [0.15, 0.2) is 0 Å². The van der Waals surface area contributed by atoms with Crippen LogP contribution in [-0.2, 0) is 0 Å². The van der Waals surface area contributed by atoms with Crippen molar-refractivity contribution in [2.75, 3.05) is 23.8 Å². The summed E-state index contributed by atoms with van der Waals surface area (Å²) in [7, 11) is 0. The molecule has 1 aromatic rings. The Morgan fingerprint density at radius 1 is 1.50 bits per heavy atom. The van der Waals surface area contributed by atoms with Gasteiger partial charge in [0, 0.05) is 13.1 Å². The minimum Gasteiger partial charge on any atom is -0.396 e. The van der Waals surface area contributed by atoms with Crippen LogP contribution in [0.1, 0.15) is 6.42 Å². The van der Waals surface area contributed by atoms with Crippen molar-refractivity contribution >= 4 is 5.69 Å². The summed E-state index contributed by atoms with van der Waals surface area (Å²) in [6, 6.07) is 0. The molecule has 4 nitrogen and oxygen atoms in total. The molecular weight excluding hydrogens is 128 g/mol. The first kappa shape index (κ1) is 5.58. The summed E-state index contributed by atoms with van der Waals surface area (Å²) in [6.07, 6.45) is 4.76. The zero-order chi connectivity index (χ0) is 6.97. The number of rotatable bonds is 1. The van der Waals surface area contributed by atoms with Crippen LogP contribution in [0.4, 0.5) is 5.69 Å². The molecular formula is C6H10N4. The van der Waals surface area contributed by atoms with Crippen molar-refractivity contribution in [3.8, 4) is 0 Å². The summed E-state index contributed by atoms with van der Waals surface area (Å²) in [5.74, 6) is 0. The van der Waals surface area contributed by atoms with E-state index in [0.29, 0.717) is 0 Å². The molecule has 2 N–H and O–H groups in total. The van der Waals surface area contributed by atoms with Crippen LogP contribution >= 0.6 is 0 Å². The molecule has 0 unspecified atom stereocenters. The van der Waals surface area contributed by atoms with Crippen LogP contribution in [0.3, 0.4) is 0 Å². The average Bonchev–Trinajstić information content (AvgIpc) is 2.10. The van der Waals surface area contributed by atoms with Gasteiger partial charge in [0.05, 0.1) is 18.1 Å². The fraction of sp³-hybridized carbons (Fsp3) is 0.500. The second-order valence-corrected chi connectivity index (χ2v) is 2.50. The molecule has 1 fully saturated rings. The van der Waals surface area contributed by atoms with E-state index in [1.807, 2.05) is 6.20 Å². The predicted molar refractivity (Wildman–Crippen MR) is 39.2 cm³/mol. The molecule has 0 aromatic carbocycles. The number of nitrogens with zero attached hydrogens (tertiary/aromatic N) is 3. The highest BCUT2D eigenvalue weighted by Crippen LogP contribution is 2.06. The highest BCUT2D eigenvalue weighted by molar-refractivity contribution is 5.31. The summed E-state index contributed by atoms with van der Waals surface area (Å²) in [6.45, 7) is 2.20. The Morgan fingerprint density at radius 2 is 2.30 bits per heavy atom. The molecule has 4 heteroatoms. The maximum atomic E-state index is 5.49. The van der Waals surface area contributed by atoms with Crippen molar-refractivity contribution < 1.29 is 0 Å². The molecule has 0 bridgehead atoms. The third-order valence-electron chi connectivity index (χ3n) is 1.71. The van der Waals surface area contributed by atoms with Crippen LogP contribution in [0.5, 0.6) is 0 Å². The minimum absolute atomic E-state index is 0.729. The van der Waals surface area contributed by atoms with Crippen molar-refractivity contribution in [1.82, 2.24) is 9.89 Å². The largest absolute Gasteiger partial charge is 0.396 e. The molecule has 0 aliphatic carbocycles. The molecule has 1 aliphatic heterocycles. The smallest absolute Gasteiger partial charge is 0.0740 e. The normalized spacial score (nSPS) is 17.0. The van der Waals surface area contributed by atoms with E-state index in [4.69, 9.17) is 5.73 Å². The van der Waals surface area contributed by atoms with Crippen molar-refractivity contribution in [2.24, 2.45) is 0 Å². The molecule has 1 aromatic heterocycles. The quantitative estimate of drug-likeness (QED) is 0.585. The minimum atomic E-state index is 0.729. The van der Waals surface area contributed by atoms with Crippen LogP contribution in [-0.4, -0.2) is 23.0 Å². The van der Waals surface area contributed by atoms with E-state index in [2.05, 4.69) is 10.1 Å². The maximum absolute atomic E-state index is 5.49. The molecule has 54 valence electrons. The highest BCUT2D eigenvalue weighted by atomic mass is 15.7. The number of hydrogen-bond acceptors (Lipinski definition) is 3. The molecule has 1 aliphatic rings. The zero-order valence-corrected chi connectivity index (χ0v) is 5.70. The second kappa shape index (κ2) is 1.90. The Bertz CT molecular complexity index is 225. The molecule has 1 saturated heterocycles. The van der Waals surface area contributed by atoms with Gasteiger partial charge in [-0.1, -0.05) is 0 Å². The van der Waals surface area contributed by atoms with Gasteiger partial charge in [-0.05, 0) is 6.42 Å². The van der Waals surface area contributed by atoms with E-state index in [1.165, 1.54) is 6.42 Å². The van der Waals surface area contributed by atoms with Crippen LogP contribution in [0.15, 0.2) is 12.4 Å². The summed E-state index contributed by atoms with van der Waals surface area (Å²) in [5.41, 5.74) is 6.21. The summed E-state index contributed by atoms with van der Waals surface area (Å²) >= 11 is 0. The van der Waals surface area contributed by atoms with Gasteiger partial charge in [0.1, 0.15) is 0 Å². The van der Waals surface area contributed by atoms with E-state index >= 15 is 0 Å². The Morgan fingerprint density at radius 3 is 2.70 bits per heavy atom. The van der Waals surface area contributed by atoms with E-state index in [9.17, 15) is 0 Å². The second-order valence-electron chi connectivity index (χ2n) is 2.50. The van der Waals surface area contributed by atoms with Crippen molar-refractivity contribution in [2.45, 2.75) is 6.42 Å². The standard InChI is InChI=1S/C6H10N4/c7-6-4-8-10(5-6)9-2-1-3-9/h4-5H,1-3,7H2. The van der Waals surface area contributed by atoms with Gasteiger partial charge in [-0.25, -0.2) is 0 Å². The Balaban J connectivity index is 2.17. The zero-order valence-electron chi connectivity index (χ0n) is 5.70. The molecule has 10 heavy (non-hydrogen) atoms. The topological polar surface area (TPSA) is 47.1 Å². The van der Waals surface area contributed by atoms with Gasteiger partial charge < -0.3 is 5.73 Å². The lowest BCUT2D eigenvalue weighted by Crippen LogP contribution is -2.45. The van der Waals surface area contributed by atoms with Crippen molar-refractivity contribution in [3.05, 3.63) is 12.4 Å². The lowest BCUT2D eigenvalue weighted by molar-refractivity contribution is 0.435. The van der Waals surface area contributed by atoms with Gasteiger partial charge >= 0.3 is 0 Å². The number of nitrogens with two attached hydrogens (primary N) is 1. The lowest BCUT2D eigenvalue weighted by atomic mass is 10.3. The van der Waals surface area contributed by atoms with E-state index in [1.54, 1.807) is 11.0 Å². The maximum Gasteiger partial charge on any atom is 0.0740 e. The first-order valence-electron chi connectivity index (χ1n) is 3.41. The number of nitrogen functional groups attached to an aromatic ring is 1. The number of hydrogen-bond donors (Lipinski definition) is 1. The molecule has 0 radical (unpaired) electrons. The monoisotopic (exact) mass is 138 g/mol. The molecule has 0 amide bonds. The SMILES string of the molecule is Nc1cnn(N2CCC2)c1. The molecule has 0 saturated carbocycles. The summed E-state index contributed by atoms with van der Waals surface area (Å²) in [5, 5.41) is 6.19. The predicted octanol–water partition coefficient (Wildman–Crippen LogP) is -0.193. The van der Waals surface area contributed by atoms with Crippen LogP contribution in [0.25, 0.3) is 0 Å². The highest BCUT2D eigenvalue weighted by Gasteiger charge is 2.13. The molecule has 2 rings (SSSR count). The Labute approximate surface area is 59.2 Å². The van der Waals surface area contributed by atoms with Gasteiger partial charge in [-0.2, -0.15) is 9.89 Å². The summed E-state index contributed by atoms with van der Waals surface area (Å²) < 4.78 is 0.